The number of esters is 1. The molecule has 0 bridgehead atoms. The molecule has 0 aromatic rings. The lowest BCUT2D eigenvalue weighted by molar-refractivity contribution is -0.140. The fourth-order valence-corrected chi connectivity index (χ4v) is 8.61. The van der Waals surface area contributed by atoms with E-state index < -0.39 is 25.0 Å². The second kappa shape index (κ2) is 16.7. The Labute approximate surface area is 238 Å². The van der Waals surface area contributed by atoms with Crippen molar-refractivity contribution < 1.29 is 22.8 Å². The van der Waals surface area contributed by atoms with E-state index in [4.69, 9.17) is 18.0 Å². The zero-order valence-corrected chi connectivity index (χ0v) is 29.6. The minimum Gasteiger partial charge on any atom is -0.469 e. The molecule has 0 amide bonds. The fourth-order valence-electron chi connectivity index (χ4n) is 5.16. The Balaban J connectivity index is 3.18. The van der Waals surface area contributed by atoms with Crippen LogP contribution >= 0.6 is 0 Å². The molecule has 222 valence electrons. The number of hydrogen-bond acceptors (Lipinski definition) is 5. The van der Waals surface area contributed by atoms with E-state index in [1.807, 2.05) is 0 Å². The molecule has 1 fully saturated rings. The Kier molecular flexibility index (Phi) is 15.6. The molecular formula is C30H60O5Si3. The van der Waals surface area contributed by atoms with Gasteiger partial charge in [-0.2, -0.15) is 0 Å². The van der Waals surface area contributed by atoms with Crippen LogP contribution in [0.4, 0.5) is 0 Å². The van der Waals surface area contributed by atoms with Crippen LogP contribution in [0.5, 0.6) is 0 Å². The minimum absolute atomic E-state index is 0.136. The van der Waals surface area contributed by atoms with Crippen LogP contribution in [0, 0.1) is 11.8 Å². The maximum Gasteiger partial charge on any atom is 0.305 e. The molecule has 0 radical (unpaired) electrons. The molecule has 0 spiro atoms. The van der Waals surface area contributed by atoms with Crippen LogP contribution in [0.25, 0.3) is 0 Å². The Hall–Kier alpha value is -0.519. The van der Waals surface area contributed by atoms with Gasteiger partial charge < -0.3 is 18.0 Å². The molecule has 8 heteroatoms. The molecule has 0 N–H and O–H groups in total. The third-order valence-electron chi connectivity index (χ3n) is 6.58. The Morgan fingerprint density at radius 3 is 2.05 bits per heavy atom. The van der Waals surface area contributed by atoms with Crippen molar-refractivity contribution in [3.05, 3.63) is 24.3 Å². The number of unbranched alkanes of at least 4 members (excludes halogenated alkanes) is 3. The molecule has 0 aromatic carbocycles. The van der Waals surface area contributed by atoms with E-state index in [2.05, 4.69) is 90.2 Å². The summed E-state index contributed by atoms with van der Waals surface area (Å²) in [5.74, 6) is 0.546. The Morgan fingerprint density at radius 1 is 0.868 bits per heavy atom. The SMILES string of the molecule is CCCCCC(/C=C/[C@H]1C(O[Si](C)(C)C)CC(O[Si](C)(C)C)[C@@H]1C/C=C/CCCC(=O)OC)O[Si](C)(C)C. The van der Waals surface area contributed by atoms with Gasteiger partial charge in [0.25, 0.3) is 0 Å². The van der Waals surface area contributed by atoms with Crippen molar-refractivity contribution in [2.75, 3.05) is 7.11 Å². The van der Waals surface area contributed by atoms with E-state index in [9.17, 15) is 4.79 Å². The van der Waals surface area contributed by atoms with E-state index in [-0.39, 0.29) is 24.3 Å². The first-order valence-corrected chi connectivity index (χ1v) is 25.2. The second-order valence-corrected chi connectivity index (χ2v) is 27.2. The topological polar surface area (TPSA) is 54.0 Å². The van der Waals surface area contributed by atoms with Crippen LogP contribution in [-0.4, -0.2) is 56.3 Å². The highest BCUT2D eigenvalue weighted by molar-refractivity contribution is 6.70. The lowest BCUT2D eigenvalue weighted by Gasteiger charge is -2.30. The van der Waals surface area contributed by atoms with Crippen molar-refractivity contribution in [3.8, 4) is 0 Å². The zero-order chi connectivity index (χ0) is 29.0. The number of ether oxygens (including phenoxy) is 1. The van der Waals surface area contributed by atoms with E-state index in [1.54, 1.807) is 0 Å². The summed E-state index contributed by atoms with van der Waals surface area (Å²) in [6.07, 6.45) is 18.7. The Morgan fingerprint density at radius 2 is 1.50 bits per heavy atom. The molecule has 1 aliphatic carbocycles. The largest absolute Gasteiger partial charge is 0.469 e. The highest BCUT2D eigenvalue weighted by Crippen LogP contribution is 2.42. The summed E-state index contributed by atoms with van der Waals surface area (Å²) in [5, 5.41) is 0. The predicted octanol–water partition coefficient (Wildman–Crippen LogP) is 8.71. The summed E-state index contributed by atoms with van der Waals surface area (Å²) in [6.45, 7) is 22.8. The summed E-state index contributed by atoms with van der Waals surface area (Å²) in [5.41, 5.74) is 0. The van der Waals surface area contributed by atoms with Crippen LogP contribution in [0.2, 0.25) is 58.9 Å². The molecule has 0 aromatic heterocycles. The van der Waals surface area contributed by atoms with Gasteiger partial charge in [-0.3, -0.25) is 4.79 Å². The van der Waals surface area contributed by atoms with Crippen LogP contribution in [-0.2, 0) is 22.8 Å². The lowest BCUT2D eigenvalue weighted by atomic mass is 9.89. The smallest absolute Gasteiger partial charge is 0.305 e. The summed E-state index contributed by atoms with van der Waals surface area (Å²) in [6, 6.07) is 0. The number of rotatable bonds is 18. The van der Waals surface area contributed by atoms with E-state index in [0.29, 0.717) is 18.3 Å². The van der Waals surface area contributed by atoms with Gasteiger partial charge in [0.1, 0.15) is 0 Å². The quantitative estimate of drug-likeness (QED) is 0.0698. The first kappa shape index (κ1) is 35.5. The zero-order valence-electron chi connectivity index (χ0n) is 26.6. The van der Waals surface area contributed by atoms with Crippen molar-refractivity contribution in [2.24, 2.45) is 11.8 Å². The van der Waals surface area contributed by atoms with Crippen molar-refractivity contribution in [2.45, 2.75) is 142 Å². The molecule has 3 unspecified atom stereocenters. The van der Waals surface area contributed by atoms with Crippen LogP contribution < -0.4 is 0 Å². The van der Waals surface area contributed by atoms with Gasteiger partial charge >= 0.3 is 5.97 Å². The molecule has 1 aliphatic rings. The molecule has 0 saturated heterocycles. The van der Waals surface area contributed by atoms with Crippen LogP contribution in [0.1, 0.15) is 64.7 Å². The molecule has 5 nitrogen and oxygen atoms in total. The minimum atomic E-state index is -1.73. The number of carbonyl (C=O) groups is 1. The highest BCUT2D eigenvalue weighted by atomic mass is 28.4. The maximum atomic E-state index is 11.4. The van der Waals surface area contributed by atoms with Gasteiger partial charge in [-0.25, -0.2) is 0 Å². The summed E-state index contributed by atoms with van der Waals surface area (Å²) < 4.78 is 25.0. The Bertz CT molecular complexity index is 734. The lowest BCUT2D eigenvalue weighted by Crippen LogP contribution is -2.35. The molecule has 1 saturated carbocycles. The summed E-state index contributed by atoms with van der Waals surface area (Å²) in [7, 11) is -3.66. The van der Waals surface area contributed by atoms with Gasteiger partial charge in [0, 0.05) is 12.3 Å². The maximum absolute atomic E-state index is 11.4. The molecule has 5 atom stereocenters. The highest BCUT2D eigenvalue weighted by Gasteiger charge is 2.45. The molecular weight excluding hydrogens is 525 g/mol. The number of hydrogen-bond donors (Lipinski definition) is 0. The van der Waals surface area contributed by atoms with Gasteiger partial charge in [-0.15, -0.1) is 0 Å². The number of methoxy groups -OCH3 is 1. The van der Waals surface area contributed by atoms with Gasteiger partial charge in [0.05, 0.1) is 25.4 Å². The normalized spacial score (nSPS) is 24.0. The molecule has 38 heavy (non-hydrogen) atoms. The fraction of sp³-hybridized carbons (Fsp3) is 0.833. The summed E-state index contributed by atoms with van der Waals surface area (Å²) in [4.78, 5) is 11.4. The summed E-state index contributed by atoms with van der Waals surface area (Å²) >= 11 is 0. The van der Waals surface area contributed by atoms with E-state index >= 15 is 0 Å². The van der Waals surface area contributed by atoms with Crippen LogP contribution in [0.3, 0.4) is 0 Å². The first-order valence-electron chi connectivity index (χ1n) is 15.0. The van der Waals surface area contributed by atoms with Crippen molar-refractivity contribution in [1.82, 2.24) is 0 Å². The predicted molar refractivity (Wildman–Crippen MR) is 169 cm³/mol. The average molecular weight is 585 g/mol. The monoisotopic (exact) mass is 584 g/mol. The van der Waals surface area contributed by atoms with E-state index in [1.165, 1.54) is 26.4 Å². The number of carbonyl (C=O) groups excluding carboxylic acids is 1. The molecule has 1 rings (SSSR count). The second-order valence-electron chi connectivity index (χ2n) is 13.8. The van der Waals surface area contributed by atoms with E-state index in [0.717, 1.165) is 32.1 Å². The number of allylic oxidation sites excluding steroid dienone is 2. The first-order chi connectivity index (χ1) is 17.5. The van der Waals surface area contributed by atoms with Gasteiger partial charge in [-0.05, 0) is 96.9 Å². The third kappa shape index (κ3) is 15.9. The third-order valence-corrected chi connectivity index (χ3v) is 9.60. The van der Waals surface area contributed by atoms with Crippen molar-refractivity contribution in [1.29, 1.82) is 0 Å². The van der Waals surface area contributed by atoms with Crippen molar-refractivity contribution >= 4 is 30.9 Å². The average Bonchev–Trinajstić information content (AvgIpc) is 3.05. The van der Waals surface area contributed by atoms with Crippen molar-refractivity contribution in [3.63, 3.8) is 0 Å². The van der Waals surface area contributed by atoms with Crippen LogP contribution in [0.15, 0.2) is 24.3 Å². The molecule has 0 heterocycles. The molecule has 0 aliphatic heterocycles. The standard InChI is InChI=1S/C30H60O5Si3/c1-12-13-16-19-25(33-36(3,4)5)22-23-27-26(20-17-14-15-18-21-30(31)32-2)28(34-37(6,7)8)24-29(27)35-38(9,10)11/h14,17,22-23,25-29H,12-13,15-16,18-21,24H2,1-11H3/b17-14+,23-22+/t25?,26-,27-,28?,29?/m1/s1. The van der Waals surface area contributed by atoms with Gasteiger partial charge in [-0.1, -0.05) is 50.5 Å². The van der Waals surface area contributed by atoms with Gasteiger partial charge in [0.2, 0.25) is 0 Å². The van der Waals surface area contributed by atoms with Gasteiger partial charge in [0.15, 0.2) is 25.0 Å².